The fraction of sp³-hybridized carbons (Fsp3) is 0.143. The van der Waals surface area contributed by atoms with Gasteiger partial charge in [0, 0.05) is 15.2 Å². The number of hydrogen-bond acceptors (Lipinski definition) is 4. The molecule has 0 radical (unpaired) electrons. The van der Waals surface area contributed by atoms with Gasteiger partial charge in [-0.2, -0.15) is 5.26 Å². The normalized spacial score (nSPS) is 11.5. The largest absolute Gasteiger partial charge is 0.281 e. The second-order valence-electron chi connectivity index (χ2n) is 2.55. The summed E-state index contributed by atoms with van der Waals surface area (Å²) in [6.45, 7) is 0. The molecule has 86 valence electrons. The van der Waals surface area contributed by atoms with Crippen LogP contribution in [-0.2, 0) is 9.05 Å². The minimum Gasteiger partial charge on any atom is -0.235 e. The van der Waals surface area contributed by atoms with E-state index in [9.17, 15) is 17.2 Å². The number of pyridine rings is 1. The number of alkyl halides is 2. The first-order chi connectivity index (χ1) is 7.27. The van der Waals surface area contributed by atoms with Crippen molar-refractivity contribution >= 4 is 35.7 Å². The summed E-state index contributed by atoms with van der Waals surface area (Å²) < 4.78 is 47.0. The lowest BCUT2D eigenvalue weighted by atomic mass is 10.3. The summed E-state index contributed by atoms with van der Waals surface area (Å²) in [5.74, 6) is 0. The zero-order valence-corrected chi connectivity index (χ0v) is 10.4. The van der Waals surface area contributed by atoms with E-state index in [1.54, 1.807) is 0 Å². The van der Waals surface area contributed by atoms with Gasteiger partial charge in [0.05, 0.1) is 0 Å². The van der Waals surface area contributed by atoms with Crippen LogP contribution in [0.25, 0.3) is 0 Å². The third-order valence-corrected chi connectivity index (χ3v) is 3.79. The van der Waals surface area contributed by atoms with Gasteiger partial charge in [0.15, 0.2) is 0 Å². The standard InChI is InChI=1S/C7H2BrClF2N2O2S/c8-4-1-3(2-12)13-5(7(10)11)6(4)16(9,14)15/h1,7H. The fourth-order valence-corrected chi connectivity index (χ4v) is 3.47. The lowest BCUT2D eigenvalue weighted by Crippen LogP contribution is -2.04. The third kappa shape index (κ3) is 2.66. The Morgan fingerprint density at radius 1 is 1.56 bits per heavy atom. The van der Waals surface area contributed by atoms with Crippen LogP contribution in [-0.4, -0.2) is 13.4 Å². The van der Waals surface area contributed by atoms with Crippen molar-refractivity contribution in [1.82, 2.24) is 4.98 Å². The highest BCUT2D eigenvalue weighted by Crippen LogP contribution is 2.33. The molecule has 0 aliphatic carbocycles. The third-order valence-electron chi connectivity index (χ3n) is 1.52. The minimum absolute atomic E-state index is 0.218. The maximum Gasteiger partial charge on any atom is 0.281 e. The molecule has 0 aliphatic rings. The molecule has 1 aromatic rings. The van der Waals surface area contributed by atoms with Crippen molar-refractivity contribution in [2.24, 2.45) is 0 Å². The molecule has 0 aromatic carbocycles. The molecule has 0 aliphatic heterocycles. The van der Waals surface area contributed by atoms with E-state index in [1.807, 2.05) is 0 Å². The Kier molecular flexibility index (Phi) is 3.83. The van der Waals surface area contributed by atoms with Crippen LogP contribution < -0.4 is 0 Å². The molecule has 0 bridgehead atoms. The van der Waals surface area contributed by atoms with Gasteiger partial charge in [-0.25, -0.2) is 22.2 Å². The Morgan fingerprint density at radius 2 is 2.12 bits per heavy atom. The molecule has 0 amide bonds. The monoisotopic (exact) mass is 330 g/mol. The van der Waals surface area contributed by atoms with Crippen LogP contribution in [0, 0.1) is 11.3 Å². The summed E-state index contributed by atoms with van der Waals surface area (Å²) in [7, 11) is 0.634. The smallest absolute Gasteiger partial charge is 0.235 e. The van der Waals surface area contributed by atoms with E-state index in [-0.39, 0.29) is 10.2 Å². The number of halogens is 4. The van der Waals surface area contributed by atoms with Crippen LogP contribution in [0.5, 0.6) is 0 Å². The molecule has 1 heterocycles. The maximum absolute atomic E-state index is 12.5. The number of hydrogen-bond donors (Lipinski definition) is 0. The van der Waals surface area contributed by atoms with Gasteiger partial charge < -0.3 is 0 Å². The van der Waals surface area contributed by atoms with Crippen LogP contribution in [0.4, 0.5) is 8.78 Å². The SMILES string of the molecule is N#Cc1cc(Br)c(S(=O)(=O)Cl)c(C(F)F)n1. The lowest BCUT2D eigenvalue weighted by Gasteiger charge is -2.07. The van der Waals surface area contributed by atoms with E-state index in [4.69, 9.17) is 15.9 Å². The molecular formula is C7H2BrClF2N2O2S. The van der Waals surface area contributed by atoms with Crippen molar-refractivity contribution in [2.75, 3.05) is 0 Å². The summed E-state index contributed by atoms with van der Waals surface area (Å²) in [6, 6.07) is 2.53. The Balaban J connectivity index is 3.68. The topological polar surface area (TPSA) is 70.8 Å². The molecule has 0 unspecified atom stereocenters. The van der Waals surface area contributed by atoms with Gasteiger partial charge in [-0.15, -0.1) is 0 Å². The van der Waals surface area contributed by atoms with Crippen LogP contribution in [0.2, 0.25) is 0 Å². The van der Waals surface area contributed by atoms with Crippen molar-refractivity contribution in [3.63, 3.8) is 0 Å². The highest BCUT2D eigenvalue weighted by molar-refractivity contribution is 9.10. The Morgan fingerprint density at radius 3 is 2.50 bits per heavy atom. The molecule has 16 heavy (non-hydrogen) atoms. The van der Waals surface area contributed by atoms with Crippen LogP contribution in [0.15, 0.2) is 15.4 Å². The Hall–Kier alpha value is -0.780. The summed E-state index contributed by atoms with van der Waals surface area (Å²) in [4.78, 5) is 2.40. The molecule has 1 rings (SSSR count). The van der Waals surface area contributed by atoms with Crippen molar-refractivity contribution < 1.29 is 17.2 Å². The first-order valence-corrected chi connectivity index (χ1v) is 6.71. The first kappa shape index (κ1) is 13.3. The average Bonchev–Trinajstić information content (AvgIpc) is 2.14. The van der Waals surface area contributed by atoms with Gasteiger partial charge in [0.1, 0.15) is 22.4 Å². The van der Waals surface area contributed by atoms with Crippen molar-refractivity contribution in [2.45, 2.75) is 11.3 Å². The van der Waals surface area contributed by atoms with E-state index < -0.39 is 26.1 Å². The van der Waals surface area contributed by atoms with Gasteiger partial charge in [0.2, 0.25) is 0 Å². The van der Waals surface area contributed by atoms with Gasteiger partial charge >= 0.3 is 0 Å². The quantitative estimate of drug-likeness (QED) is 0.781. The van der Waals surface area contributed by atoms with Crippen molar-refractivity contribution in [1.29, 1.82) is 5.26 Å². The van der Waals surface area contributed by atoms with Gasteiger partial charge in [0.25, 0.3) is 15.5 Å². The average molecular weight is 332 g/mol. The second-order valence-corrected chi connectivity index (χ2v) is 5.91. The summed E-state index contributed by atoms with van der Waals surface area (Å²) in [5.41, 5.74) is -1.37. The predicted molar refractivity (Wildman–Crippen MR) is 54.6 cm³/mol. The molecule has 9 heteroatoms. The summed E-state index contributed by atoms with van der Waals surface area (Å²) >= 11 is 2.75. The number of nitriles is 1. The lowest BCUT2D eigenvalue weighted by molar-refractivity contribution is 0.142. The van der Waals surface area contributed by atoms with E-state index >= 15 is 0 Å². The molecule has 0 fully saturated rings. The van der Waals surface area contributed by atoms with E-state index in [2.05, 4.69) is 20.9 Å². The van der Waals surface area contributed by atoms with Crippen LogP contribution in [0.3, 0.4) is 0 Å². The Labute approximate surface area is 102 Å². The zero-order chi connectivity index (χ0) is 12.5. The fourth-order valence-electron chi connectivity index (χ4n) is 0.967. The van der Waals surface area contributed by atoms with E-state index in [1.165, 1.54) is 6.07 Å². The van der Waals surface area contributed by atoms with Gasteiger partial charge in [-0.3, -0.25) is 0 Å². The molecule has 0 saturated heterocycles. The molecule has 0 N–H and O–H groups in total. The van der Waals surface area contributed by atoms with Crippen LogP contribution in [0.1, 0.15) is 17.8 Å². The molecule has 1 aromatic heterocycles. The van der Waals surface area contributed by atoms with E-state index in [0.717, 1.165) is 6.07 Å². The highest BCUT2D eigenvalue weighted by atomic mass is 79.9. The van der Waals surface area contributed by atoms with Crippen molar-refractivity contribution in [3.05, 3.63) is 21.9 Å². The number of rotatable bonds is 2. The molecule has 4 nitrogen and oxygen atoms in total. The highest BCUT2D eigenvalue weighted by Gasteiger charge is 2.27. The van der Waals surface area contributed by atoms with Crippen molar-refractivity contribution in [3.8, 4) is 6.07 Å². The maximum atomic E-state index is 12.5. The van der Waals surface area contributed by atoms with E-state index in [0.29, 0.717) is 0 Å². The molecule has 0 saturated carbocycles. The Bertz CT molecular complexity index is 570. The molecule has 0 atom stereocenters. The predicted octanol–water partition coefficient (Wildman–Crippen LogP) is 2.58. The number of aromatic nitrogens is 1. The molecular weight excluding hydrogens is 330 g/mol. The first-order valence-electron chi connectivity index (χ1n) is 3.60. The van der Waals surface area contributed by atoms with Gasteiger partial charge in [-0.05, 0) is 22.0 Å². The number of nitrogens with zero attached hydrogens (tertiary/aromatic N) is 2. The zero-order valence-electron chi connectivity index (χ0n) is 7.29. The summed E-state index contributed by atoms with van der Waals surface area (Å²) in [5, 5.41) is 8.50. The minimum atomic E-state index is -4.36. The second kappa shape index (κ2) is 4.61. The van der Waals surface area contributed by atoms with Gasteiger partial charge in [-0.1, -0.05) is 0 Å². The summed E-state index contributed by atoms with van der Waals surface area (Å²) in [6.07, 6.45) is -3.15. The molecule has 0 spiro atoms. The van der Waals surface area contributed by atoms with Crippen LogP contribution >= 0.6 is 26.6 Å².